The van der Waals surface area contributed by atoms with Gasteiger partial charge in [0.05, 0.1) is 12.2 Å². The quantitative estimate of drug-likeness (QED) is 0.239. The van der Waals surface area contributed by atoms with Crippen LogP contribution < -0.4 is 10.5 Å². The maximum Gasteiger partial charge on any atom is 0.173 e. The van der Waals surface area contributed by atoms with Crippen LogP contribution in [0.4, 0.5) is 0 Å². The van der Waals surface area contributed by atoms with Crippen LogP contribution in [-0.4, -0.2) is 29.4 Å². The second-order valence-electron chi connectivity index (χ2n) is 3.05. The van der Waals surface area contributed by atoms with E-state index in [1.807, 2.05) is 0 Å². The second-order valence-corrected chi connectivity index (χ2v) is 3.49. The monoisotopic (exact) mass is 244 g/mol. The lowest BCUT2D eigenvalue weighted by Crippen LogP contribution is -2.15. The summed E-state index contributed by atoms with van der Waals surface area (Å²) < 4.78 is 5.36. The fourth-order valence-corrected chi connectivity index (χ4v) is 1.29. The van der Waals surface area contributed by atoms with Crippen LogP contribution >= 0.6 is 11.6 Å². The van der Waals surface area contributed by atoms with Gasteiger partial charge in [-0.15, -0.1) is 0 Å². The third kappa shape index (κ3) is 3.29. The lowest BCUT2D eigenvalue weighted by molar-refractivity contribution is 0.233. The number of nitrogens with zero attached hydrogens (tertiary/aromatic N) is 1. The first kappa shape index (κ1) is 12.6. The Labute approximate surface area is 98.1 Å². The number of oxime groups is 1. The minimum absolute atomic E-state index is 0.0411. The van der Waals surface area contributed by atoms with E-state index in [4.69, 9.17) is 32.4 Å². The van der Waals surface area contributed by atoms with E-state index < -0.39 is 0 Å². The van der Waals surface area contributed by atoms with Gasteiger partial charge in [-0.3, -0.25) is 0 Å². The lowest BCUT2D eigenvalue weighted by atomic mass is 10.2. The van der Waals surface area contributed by atoms with Gasteiger partial charge in [-0.1, -0.05) is 16.8 Å². The molecule has 0 saturated heterocycles. The van der Waals surface area contributed by atoms with E-state index in [0.717, 1.165) is 0 Å². The van der Waals surface area contributed by atoms with Crippen molar-refractivity contribution in [2.75, 3.05) is 13.2 Å². The van der Waals surface area contributed by atoms with Crippen LogP contribution in [0.3, 0.4) is 0 Å². The van der Waals surface area contributed by atoms with E-state index in [9.17, 15) is 0 Å². The minimum atomic E-state index is -0.0457. The van der Waals surface area contributed by atoms with Gasteiger partial charge in [0, 0.05) is 18.1 Å². The van der Waals surface area contributed by atoms with Crippen molar-refractivity contribution in [1.29, 1.82) is 0 Å². The van der Waals surface area contributed by atoms with Gasteiger partial charge in [-0.05, 0) is 18.2 Å². The van der Waals surface area contributed by atoms with Crippen LogP contribution in [0.2, 0.25) is 5.02 Å². The molecule has 0 fully saturated rings. The summed E-state index contributed by atoms with van der Waals surface area (Å²) in [4.78, 5) is 0. The first-order valence-electron chi connectivity index (χ1n) is 4.70. The van der Waals surface area contributed by atoms with E-state index >= 15 is 0 Å². The molecule has 4 N–H and O–H groups in total. The number of hydrogen-bond acceptors (Lipinski definition) is 4. The molecule has 0 amide bonds. The molecule has 0 unspecified atom stereocenters. The molecule has 5 nitrogen and oxygen atoms in total. The smallest absolute Gasteiger partial charge is 0.173 e. The SMILES string of the molecule is NC(=NO)c1ccc(Cl)cc1OCCCO. The van der Waals surface area contributed by atoms with Gasteiger partial charge >= 0.3 is 0 Å². The highest BCUT2D eigenvalue weighted by Gasteiger charge is 2.08. The molecule has 0 aliphatic carbocycles. The topological polar surface area (TPSA) is 88.1 Å². The third-order valence-electron chi connectivity index (χ3n) is 1.89. The Hall–Kier alpha value is -1.46. The molecule has 0 aliphatic heterocycles. The van der Waals surface area contributed by atoms with Gasteiger partial charge in [0.25, 0.3) is 0 Å². The maximum atomic E-state index is 8.63. The Balaban J connectivity index is 2.90. The second kappa shape index (κ2) is 6.19. The molecular weight excluding hydrogens is 232 g/mol. The molecule has 0 heterocycles. The highest BCUT2D eigenvalue weighted by molar-refractivity contribution is 6.30. The van der Waals surface area contributed by atoms with Crippen LogP contribution in [0, 0.1) is 0 Å². The van der Waals surface area contributed by atoms with Gasteiger partial charge in [0.2, 0.25) is 0 Å². The van der Waals surface area contributed by atoms with Gasteiger partial charge in [-0.25, -0.2) is 0 Å². The van der Waals surface area contributed by atoms with Crippen molar-refractivity contribution in [3.63, 3.8) is 0 Å². The average molecular weight is 245 g/mol. The Morgan fingerprint density at radius 2 is 2.25 bits per heavy atom. The maximum absolute atomic E-state index is 8.63. The van der Waals surface area contributed by atoms with E-state index in [0.29, 0.717) is 29.4 Å². The minimum Gasteiger partial charge on any atom is -0.493 e. The number of aliphatic hydroxyl groups is 1. The standard InChI is InChI=1S/C10H13ClN2O3/c11-7-2-3-8(10(12)13-15)9(6-7)16-5-1-4-14/h2-3,6,14-15H,1,4-5H2,(H2,12,13). The number of benzene rings is 1. The third-order valence-corrected chi connectivity index (χ3v) is 2.12. The average Bonchev–Trinajstić information content (AvgIpc) is 2.29. The molecule has 0 atom stereocenters. The predicted molar refractivity (Wildman–Crippen MR) is 61.2 cm³/mol. The molecule has 16 heavy (non-hydrogen) atoms. The van der Waals surface area contributed by atoms with Crippen molar-refractivity contribution in [2.45, 2.75) is 6.42 Å². The Kier molecular flexibility index (Phi) is 4.88. The summed E-state index contributed by atoms with van der Waals surface area (Å²) in [7, 11) is 0. The first-order chi connectivity index (χ1) is 7.69. The molecule has 1 rings (SSSR count). The van der Waals surface area contributed by atoms with Crippen molar-refractivity contribution < 1.29 is 15.1 Å². The van der Waals surface area contributed by atoms with E-state index in [1.54, 1.807) is 18.2 Å². The van der Waals surface area contributed by atoms with Crippen LogP contribution in [0.5, 0.6) is 5.75 Å². The van der Waals surface area contributed by atoms with Crippen molar-refractivity contribution in [3.8, 4) is 5.75 Å². The number of amidine groups is 1. The highest BCUT2D eigenvalue weighted by Crippen LogP contribution is 2.23. The van der Waals surface area contributed by atoms with E-state index in [2.05, 4.69) is 5.16 Å². The summed E-state index contributed by atoms with van der Waals surface area (Å²) in [5.41, 5.74) is 5.94. The summed E-state index contributed by atoms with van der Waals surface area (Å²) in [5.74, 6) is 0.381. The largest absolute Gasteiger partial charge is 0.493 e. The molecule has 0 aliphatic rings. The van der Waals surface area contributed by atoms with Gasteiger partial charge in [-0.2, -0.15) is 0 Å². The van der Waals surface area contributed by atoms with E-state index in [1.165, 1.54) is 0 Å². The zero-order valence-electron chi connectivity index (χ0n) is 8.56. The molecule has 88 valence electrons. The molecule has 1 aromatic carbocycles. The van der Waals surface area contributed by atoms with Gasteiger partial charge in [0.1, 0.15) is 5.75 Å². The van der Waals surface area contributed by atoms with Crippen molar-refractivity contribution >= 4 is 17.4 Å². The summed E-state index contributed by atoms with van der Waals surface area (Å²) >= 11 is 5.80. The first-order valence-corrected chi connectivity index (χ1v) is 5.08. The molecule has 0 radical (unpaired) electrons. The van der Waals surface area contributed by atoms with Gasteiger partial charge < -0.3 is 20.8 Å². The number of rotatable bonds is 5. The van der Waals surface area contributed by atoms with Crippen LogP contribution in [0.1, 0.15) is 12.0 Å². The number of aliphatic hydroxyl groups excluding tert-OH is 1. The van der Waals surface area contributed by atoms with E-state index in [-0.39, 0.29) is 12.4 Å². The predicted octanol–water partition coefficient (Wildman–Crippen LogP) is 1.20. The fourth-order valence-electron chi connectivity index (χ4n) is 1.13. The molecule has 0 saturated carbocycles. The zero-order valence-corrected chi connectivity index (χ0v) is 9.31. The summed E-state index contributed by atoms with van der Waals surface area (Å²) in [6.45, 7) is 0.377. The number of ether oxygens (including phenoxy) is 1. The highest BCUT2D eigenvalue weighted by atomic mass is 35.5. The molecule has 0 aromatic heterocycles. The molecule has 1 aromatic rings. The number of hydrogen-bond donors (Lipinski definition) is 3. The Bertz CT molecular complexity index is 382. The Morgan fingerprint density at radius 1 is 1.50 bits per heavy atom. The van der Waals surface area contributed by atoms with Crippen LogP contribution in [-0.2, 0) is 0 Å². The number of halogens is 1. The van der Waals surface area contributed by atoms with Crippen LogP contribution in [0.15, 0.2) is 23.4 Å². The number of nitrogens with two attached hydrogens (primary N) is 1. The van der Waals surface area contributed by atoms with Crippen molar-refractivity contribution in [3.05, 3.63) is 28.8 Å². The molecule has 0 spiro atoms. The summed E-state index contributed by atoms with van der Waals surface area (Å²) in [6.07, 6.45) is 0.502. The fraction of sp³-hybridized carbons (Fsp3) is 0.300. The molecule has 6 heteroatoms. The van der Waals surface area contributed by atoms with Crippen molar-refractivity contribution in [2.24, 2.45) is 10.9 Å². The zero-order chi connectivity index (χ0) is 12.0. The van der Waals surface area contributed by atoms with Gasteiger partial charge in [0.15, 0.2) is 5.84 Å². The van der Waals surface area contributed by atoms with Crippen LogP contribution in [0.25, 0.3) is 0 Å². The summed E-state index contributed by atoms with van der Waals surface area (Å²) in [6, 6.07) is 4.80. The Morgan fingerprint density at radius 3 is 2.88 bits per heavy atom. The van der Waals surface area contributed by atoms with Crippen molar-refractivity contribution in [1.82, 2.24) is 0 Å². The normalized spacial score (nSPS) is 11.5. The molecular formula is C10H13ClN2O3. The lowest BCUT2D eigenvalue weighted by Gasteiger charge is -2.10. The molecule has 0 bridgehead atoms. The summed E-state index contributed by atoms with van der Waals surface area (Å²) in [5, 5.41) is 20.6.